The maximum Gasteiger partial charge on any atom is 0.125 e. The molecule has 1 fully saturated rings. The summed E-state index contributed by atoms with van der Waals surface area (Å²) in [5, 5.41) is 6.90. The van der Waals surface area contributed by atoms with Crippen molar-refractivity contribution in [1.29, 1.82) is 0 Å². The Morgan fingerprint density at radius 1 is 1.35 bits per heavy atom. The van der Waals surface area contributed by atoms with Crippen LogP contribution in [0, 0.1) is 5.82 Å². The molecule has 134 valence electrons. The van der Waals surface area contributed by atoms with Gasteiger partial charge in [0.15, 0.2) is 0 Å². The molecule has 0 amide bonds. The number of thiocarbonyl (C=S) groups is 1. The number of azide groups is 1. The number of anilines is 2. The van der Waals surface area contributed by atoms with Crippen molar-refractivity contribution in [1.82, 2.24) is 4.98 Å². The molecule has 0 spiro atoms. The van der Waals surface area contributed by atoms with E-state index in [1.54, 1.807) is 30.6 Å². The summed E-state index contributed by atoms with van der Waals surface area (Å²) in [7, 11) is 0. The summed E-state index contributed by atoms with van der Waals surface area (Å²) in [6, 6.07) is 8.35. The Balaban J connectivity index is 1.89. The molecule has 26 heavy (non-hydrogen) atoms. The second kappa shape index (κ2) is 8.60. The van der Waals surface area contributed by atoms with Crippen molar-refractivity contribution in [2.45, 2.75) is 25.3 Å². The molecule has 0 bridgehead atoms. The fourth-order valence-corrected chi connectivity index (χ4v) is 3.44. The molecule has 1 aliphatic rings. The van der Waals surface area contributed by atoms with Crippen molar-refractivity contribution in [3.8, 4) is 0 Å². The molecule has 1 aliphatic heterocycles. The summed E-state index contributed by atoms with van der Waals surface area (Å²) in [5.74, 6) is -0.336. The standard InChI is InChI=1S/C18H19FN6S/c19-14-4-5-17(25-10-2-1-3-15(25)12-22-24-20)16(11-14)23-18(26)13-6-8-21-9-7-13/h4-9,11,15H,1-3,10,12H2,(H,23,26). The van der Waals surface area contributed by atoms with Gasteiger partial charge >= 0.3 is 0 Å². The molecule has 1 atom stereocenters. The van der Waals surface area contributed by atoms with Crippen LogP contribution in [0.2, 0.25) is 0 Å². The number of piperidine rings is 1. The minimum absolute atomic E-state index is 0.0974. The van der Waals surface area contributed by atoms with Gasteiger partial charge in [-0.25, -0.2) is 4.39 Å². The Bertz CT molecular complexity index is 822. The highest BCUT2D eigenvalue weighted by Gasteiger charge is 2.24. The first-order chi connectivity index (χ1) is 12.7. The van der Waals surface area contributed by atoms with E-state index in [2.05, 4.69) is 25.2 Å². The van der Waals surface area contributed by atoms with Gasteiger partial charge in [-0.3, -0.25) is 4.98 Å². The summed E-state index contributed by atoms with van der Waals surface area (Å²) in [5.41, 5.74) is 10.9. The highest BCUT2D eigenvalue weighted by molar-refractivity contribution is 7.81. The van der Waals surface area contributed by atoms with E-state index in [1.807, 2.05) is 0 Å². The lowest BCUT2D eigenvalue weighted by Crippen LogP contribution is -2.42. The molecular formula is C18H19FN6S. The van der Waals surface area contributed by atoms with Gasteiger partial charge in [0.05, 0.1) is 11.4 Å². The van der Waals surface area contributed by atoms with Crippen LogP contribution in [0.3, 0.4) is 0 Å². The van der Waals surface area contributed by atoms with Crippen LogP contribution in [-0.2, 0) is 0 Å². The summed E-state index contributed by atoms with van der Waals surface area (Å²) in [6.45, 7) is 1.22. The van der Waals surface area contributed by atoms with Crippen LogP contribution >= 0.6 is 12.2 Å². The first-order valence-corrected chi connectivity index (χ1v) is 8.88. The van der Waals surface area contributed by atoms with Gasteiger partial charge < -0.3 is 10.2 Å². The van der Waals surface area contributed by atoms with Crippen molar-refractivity contribution in [2.75, 3.05) is 23.3 Å². The number of nitrogens with zero attached hydrogens (tertiary/aromatic N) is 5. The Hall–Kier alpha value is -2.70. The Morgan fingerprint density at radius 3 is 2.92 bits per heavy atom. The maximum absolute atomic E-state index is 13.9. The zero-order valence-electron chi connectivity index (χ0n) is 14.2. The van der Waals surface area contributed by atoms with Crippen molar-refractivity contribution in [3.63, 3.8) is 0 Å². The van der Waals surface area contributed by atoms with Gasteiger partial charge in [-0.15, -0.1) is 0 Å². The van der Waals surface area contributed by atoms with Crippen molar-refractivity contribution in [2.24, 2.45) is 5.11 Å². The van der Waals surface area contributed by atoms with Gasteiger partial charge in [-0.1, -0.05) is 17.3 Å². The number of benzene rings is 1. The lowest BCUT2D eigenvalue weighted by Gasteiger charge is -2.38. The molecule has 0 saturated carbocycles. The number of hydrogen-bond acceptors (Lipinski definition) is 4. The van der Waals surface area contributed by atoms with E-state index in [4.69, 9.17) is 17.7 Å². The monoisotopic (exact) mass is 370 g/mol. The lowest BCUT2D eigenvalue weighted by atomic mass is 10.0. The number of nitrogens with one attached hydrogen (secondary N) is 1. The lowest BCUT2D eigenvalue weighted by molar-refractivity contribution is 0.465. The average Bonchev–Trinajstić information content (AvgIpc) is 2.67. The van der Waals surface area contributed by atoms with Gasteiger partial charge in [-0.2, -0.15) is 0 Å². The number of rotatable bonds is 5. The van der Waals surface area contributed by atoms with Crippen LogP contribution in [0.15, 0.2) is 47.8 Å². The molecule has 1 aromatic heterocycles. The highest BCUT2D eigenvalue weighted by atomic mass is 32.1. The number of hydrogen-bond donors (Lipinski definition) is 1. The van der Waals surface area contributed by atoms with E-state index in [1.165, 1.54) is 12.1 Å². The molecule has 3 rings (SSSR count). The quantitative estimate of drug-likeness (QED) is 0.359. The number of halogens is 1. The first-order valence-electron chi connectivity index (χ1n) is 8.47. The van der Waals surface area contributed by atoms with Gasteiger partial charge in [0.2, 0.25) is 0 Å². The normalized spacial score (nSPS) is 16.7. The first kappa shape index (κ1) is 18.1. The summed E-state index contributed by atoms with van der Waals surface area (Å²) in [4.78, 5) is 9.54. The van der Waals surface area contributed by atoms with Crippen LogP contribution in [0.1, 0.15) is 24.8 Å². The van der Waals surface area contributed by atoms with Crippen molar-refractivity contribution in [3.05, 3.63) is 64.5 Å². The molecular weight excluding hydrogens is 351 g/mol. The van der Waals surface area contributed by atoms with Gasteiger partial charge in [0.25, 0.3) is 0 Å². The van der Waals surface area contributed by atoms with Crippen molar-refractivity contribution >= 4 is 28.6 Å². The minimum atomic E-state index is -0.336. The molecule has 6 nitrogen and oxygen atoms in total. The number of aromatic nitrogens is 1. The smallest absolute Gasteiger partial charge is 0.125 e. The number of pyridine rings is 1. The van der Waals surface area contributed by atoms with Crippen LogP contribution in [0.4, 0.5) is 15.8 Å². The predicted molar refractivity (Wildman–Crippen MR) is 105 cm³/mol. The fourth-order valence-electron chi connectivity index (χ4n) is 3.19. The maximum atomic E-state index is 13.9. The molecule has 0 aliphatic carbocycles. The zero-order chi connectivity index (χ0) is 18.4. The van der Waals surface area contributed by atoms with Gasteiger partial charge in [-0.05, 0) is 55.1 Å². The third-order valence-corrected chi connectivity index (χ3v) is 4.78. The largest absolute Gasteiger partial charge is 0.367 e. The Labute approximate surface area is 156 Å². The van der Waals surface area contributed by atoms with E-state index < -0.39 is 0 Å². The second-order valence-electron chi connectivity index (χ2n) is 6.11. The van der Waals surface area contributed by atoms with E-state index >= 15 is 0 Å². The molecule has 2 aromatic rings. The molecule has 1 unspecified atom stereocenters. The van der Waals surface area contributed by atoms with Crippen LogP contribution < -0.4 is 10.2 Å². The highest BCUT2D eigenvalue weighted by Crippen LogP contribution is 2.32. The fraction of sp³-hybridized carbons (Fsp3) is 0.333. The third-order valence-electron chi connectivity index (χ3n) is 4.44. The molecule has 8 heteroatoms. The third kappa shape index (κ3) is 4.28. The Kier molecular flexibility index (Phi) is 5.99. The van der Waals surface area contributed by atoms with Gasteiger partial charge in [0, 0.05) is 42.0 Å². The minimum Gasteiger partial charge on any atom is -0.367 e. The SMILES string of the molecule is [N-]=[N+]=NCC1CCCCN1c1ccc(F)cc1NC(=S)c1ccncc1. The van der Waals surface area contributed by atoms with E-state index in [-0.39, 0.29) is 11.9 Å². The van der Waals surface area contributed by atoms with E-state index in [9.17, 15) is 4.39 Å². The Morgan fingerprint density at radius 2 is 2.15 bits per heavy atom. The average molecular weight is 370 g/mol. The molecule has 1 N–H and O–H groups in total. The van der Waals surface area contributed by atoms with Crippen molar-refractivity contribution < 1.29 is 4.39 Å². The topological polar surface area (TPSA) is 76.9 Å². The predicted octanol–water partition coefficient (Wildman–Crippen LogP) is 4.68. The molecule has 0 radical (unpaired) electrons. The van der Waals surface area contributed by atoms with E-state index in [0.29, 0.717) is 17.2 Å². The summed E-state index contributed by atoms with van der Waals surface area (Å²) in [6.07, 6.45) is 6.39. The van der Waals surface area contributed by atoms with Crippen LogP contribution in [0.5, 0.6) is 0 Å². The van der Waals surface area contributed by atoms with Crippen LogP contribution in [0.25, 0.3) is 10.4 Å². The second-order valence-corrected chi connectivity index (χ2v) is 6.52. The zero-order valence-corrected chi connectivity index (χ0v) is 15.0. The van der Waals surface area contributed by atoms with Gasteiger partial charge in [0.1, 0.15) is 10.8 Å². The molecule has 2 heterocycles. The van der Waals surface area contributed by atoms with Crippen LogP contribution in [-0.4, -0.2) is 29.1 Å². The summed E-state index contributed by atoms with van der Waals surface area (Å²) >= 11 is 5.46. The van der Waals surface area contributed by atoms with E-state index in [0.717, 1.165) is 37.1 Å². The molecule has 1 aromatic carbocycles. The molecule has 1 saturated heterocycles. The summed E-state index contributed by atoms with van der Waals surface area (Å²) < 4.78 is 13.9.